The molecule has 0 saturated carbocycles. The van der Waals surface area contributed by atoms with Crippen molar-refractivity contribution in [2.24, 2.45) is 10.2 Å². The maximum absolute atomic E-state index is 12.3. The van der Waals surface area contributed by atoms with Crippen LogP contribution in [0.15, 0.2) is 50.4 Å². The van der Waals surface area contributed by atoms with Gasteiger partial charge in [0, 0.05) is 11.4 Å². The van der Waals surface area contributed by atoms with Gasteiger partial charge in [-0.15, -0.1) is 5.11 Å². The number of aliphatic hydroxyl groups is 1. The van der Waals surface area contributed by atoms with Crippen LogP contribution in [-0.2, 0) is 4.79 Å². The summed E-state index contributed by atoms with van der Waals surface area (Å²) in [4.78, 5) is 11.0. The molecule has 0 aromatic heterocycles. The van der Waals surface area contributed by atoms with Gasteiger partial charge >= 0.3 is 6.18 Å². The molecule has 4 nitrogen and oxygen atoms in total. The van der Waals surface area contributed by atoms with Crippen molar-refractivity contribution in [3.63, 3.8) is 0 Å². The predicted octanol–water partition coefficient (Wildman–Crippen LogP) is 4.45. The van der Waals surface area contributed by atoms with Gasteiger partial charge in [0.2, 0.25) is 5.76 Å². The second-order valence-corrected chi connectivity index (χ2v) is 4.34. The smallest absolute Gasteiger partial charge is 0.451 e. The van der Waals surface area contributed by atoms with Crippen LogP contribution < -0.4 is 0 Å². The minimum absolute atomic E-state index is 0.247. The summed E-state index contributed by atoms with van der Waals surface area (Å²) < 4.78 is 37.6. The number of azo groups is 1. The van der Waals surface area contributed by atoms with E-state index < -0.39 is 23.4 Å². The van der Waals surface area contributed by atoms with Gasteiger partial charge in [-0.1, -0.05) is 15.9 Å². The number of alkyl halides is 3. The number of aliphatic hydroxyl groups excluding tert-OH is 1. The molecule has 1 aromatic rings. The van der Waals surface area contributed by atoms with E-state index in [9.17, 15) is 18.0 Å². The standard InChI is InChI=1S/C11H8BrF3N2O2/c1-6(18)9(10(19)11(13,14)15)17-16-8-4-2-7(12)3-5-8/h2-5,19H,1H3/b10-9+,17-16?. The van der Waals surface area contributed by atoms with Crippen LogP contribution in [0, 0.1) is 0 Å². The summed E-state index contributed by atoms with van der Waals surface area (Å²) in [6, 6.07) is 6.18. The number of benzene rings is 1. The highest BCUT2D eigenvalue weighted by Crippen LogP contribution is 2.27. The normalized spacial score (nSPS) is 13.5. The van der Waals surface area contributed by atoms with Crippen LogP contribution in [-0.4, -0.2) is 17.1 Å². The molecule has 8 heteroatoms. The molecule has 0 unspecified atom stereocenters. The summed E-state index contributed by atoms with van der Waals surface area (Å²) in [5.74, 6) is -3.09. The van der Waals surface area contributed by atoms with Crippen LogP contribution in [0.4, 0.5) is 18.9 Å². The molecule has 0 radical (unpaired) electrons. The summed E-state index contributed by atoms with van der Waals surface area (Å²) in [7, 11) is 0. The Kier molecular flexibility index (Phi) is 4.82. The van der Waals surface area contributed by atoms with Crippen LogP contribution in [0.3, 0.4) is 0 Å². The van der Waals surface area contributed by atoms with Gasteiger partial charge in [-0.05, 0) is 24.3 Å². The zero-order valence-corrected chi connectivity index (χ0v) is 11.2. The van der Waals surface area contributed by atoms with Crippen LogP contribution in [0.1, 0.15) is 6.92 Å². The molecule has 0 bridgehead atoms. The third-order valence-electron chi connectivity index (χ3n) is 1.92. The fourth-order valence-corrected chi connectivity index (χ4v) is 1.30. The van der Waals surface area contributed by atoms with Crippen LogP contribution in [0.5, 0.6) is 0 Å². The topological polar surface area (TPSA) is 62.0 Å². The molecule has 0 heterocycles. The zero-order valence-electron chi connectivity index (χ0n) is 9.57. The van der Waals surface area contributed by atoms with E-state index in [1.54, 1.807) is 12.1 Å². The fourth-order valence-electron chi connectivity index (χ4n) is 1.03. The fraction of sp³-hybridized carbons (Fsp3) is 0.182. The molecule has 19 heavy (non-hydrogen) atoms. The Morgan fingerprint density at radius 1 is 1.26 bits per heavy atom. The molecule has 1 rings (SSSR count). The number of Topliss-reactive ketones (excluding diaryl/α,β-unsaturated/α-hetero) is 1. The summed E-state index contributed by atoms with van der Waals surface area (Å²) in [5, 5.41) is 15.5. The van der Waals surface area contributed by atoms with E-state index >= 15 is 0 Å². The number of hydrogen-bond acceptors (Lipinski definition) is 4. The van der Waals surface area contributed by atoms with Gasteiger partial charge in [0.25, 0.3) is 0 Å². The van der Waals surface area contributed by atoms with Gasteiger partial charge in [-0.25, -0.2) is 0 Å². The quantitative estimate of drug-likeness (QED) is 0.503. The third kappa shape index (κ3) is 4.47. The van der Waals surface area contributed by atoms with E-state index in [4.69, 9.17) is 5.11 Å². The first-order valence-electron chi connectivity index (χ1n) is 4.90. The second kappa shape index (κ2) is 5.96. The van der Waals surface area contributed by atoms with Crippen LogP contribution in [0.25, 0.3) is 0 Å². The van der Waals surface area contributed by atoms with E-state index in [-0.39, 0.29) is 5.69 Å². The molecular formula is C11H8BrF3N2O2. The van der Waals surface area contributed by atoms with Gasteiger partial charge in [-0.2, -0.15) is 18.3 Å². The van der Waals surface area contributed by atoms with E-state index in [1.165, 1.54) is 12.1 Å². The van der Waals surface area contributed by atoms with Crippen molar-refractivity contribution in [3.05, 3.63) is 40.2 Å². The lowest BCUT2D eigenvalue weighted by Gasteiger charge is -2.06. The largest absolute Gasteiger partial charge is 0.503 e. The SMILES string of the molecule is CC(=O)/C(N=Nc1ccc(Br)cc1)=C(\O)C(F)(F)F. The lowest BCUT2D eigenvalue weighted by atomic mass is 10.3. The number of halogens is 4. The second-order valence-electron chi connectivity index (χ2n) is 3.43. The molecule has 0 aliphatic heterocycles. The Hall–Kier alpha value is -1.70. The van der Waals surface area contributed by atoms with Crippen molar-refractivity contribution < 1.29 is 23.1 Å². The van der Waals surface area contributed by atoms with E-state index in [0.29, 0.717) is 0 Å². The first-order valence-corrected chi connectivity index (χ1v) is 5.70. The molecule has 1 aromatic carbocycles. The highest BCUT2D eigenvalue weighted by atomic mass is 79.9. The lowest BCUT2D eigenvalue weighted by Crippen LogP contribution is -2.16. The van der Waals surface area contributed by atoms with Gasteiger partial charge in [0.1, 0.15) is 0 Å². The van der Waals surface area contributed by atoms with E-state index in [0.717, 1.165) is 11.4 Å². The van der Waals surface area contributed by atoms with Crippen molar-refractivity contribution in [2.45, 2.75) is 13.1 Å². The number of nitrogens with zero attached hydrogens (tertiary/aromatic N) is 2. The number of hydrogen-bond donors (Lipinski definition) is 1. The first kappa shape index (κ1) is 15.4. The van der Waals surface area contributed by atoms with E-state index in [1.807, 2.05) is 0 Å². The maximum Gasteiger partial charge on any atom is 0.451 e. The average molecular weight is 337 g/mol. The minimum Gasteiger partial charge on any atom is -0.503 e. The van der Waals surface area contributed by atoms with Crippen molar-refractivity contribution in [1.29, 1.82) is 0 Å². The number of carbonyl (C=O) groups excluding carboxylic acids is 1. The van der Waals surface area contributed by atoms with Crippen LogP contribution in [0.2, 0.25) is 0 Å². The van der Waals surface area contributed by atoms with Crippen molar-refractivity contribution >= 4 is 27.4 Å². The number of ketones is 1. The van der Waals surface area contributed by atoms with Gasteiger partial charge in [-0.3, -0.25) is 4.79 Å². The van der Waals surface area contributed by atoms with Crippen LogP contribution >= 0.6 is 15.9 Å². The lowest BCUT2D eigenvalue weighted by molar-refractivity contribution is -0.126. The molecule has 0 aliphatic rings. The molecule has 0 fully saturated rings. The van der Waals surface area contributed by atoms with Gasteiger partial charge < -0.3 is 5.11 Å². The molecule has 0 amide bonds. The van der Waals surface area contributed by atoms with Gasteiger partial charge in [0.05, 0.1) is 5.69 Å². The Morgan fingerprint density at radius 2 is 1.79 bits per heavy atom. The maximum atomic E-state index is 12.3. The Labute approximate surface area is 114 Å². The average Bonchev–Trinajstić information content (AvgIpc) is 2.30. The summed E-state index contributed by atoms with van der Waals surface area (Å²) in [6.45, 7) is 0.859. The van der Waals surface area contributed by atoms with E-state index in [2.05, 4.69) is 26.2 Å². The molecule has 0 atom stereocenters. The number of rotatable bonds is 3. The summed E-state index contributed by atoms with van der Waals surface area (Å²) >= 11 is 3.17. The molecular weight excluding hydrogens is 329 g/mol. The Morgan fingerprint density at radius 3 is 2.21 bits per heavy atom. The number of carbonyl (C=O) groups is 1. The van der Waals surface area contributed by atoms with Crippen molar-refractivity contribution in [3.8, 4) is 0 Å². The highest BCUT2D eigenvalue weighted by Gasteiger charge is 2.38. The van der Waals surface area contributed by atoms with Crippen molar-refractivity contribution in [1.82, 2.24) is 0 Å². The Balaban J connectivity index is 3.11. The molecule has 1 N–H and O–H groups in total. The zero-order chi connectivity index (χ0) is 14.6. The Bertz CT molecular complexity index is 536. The number of allylic oxidation sites excluding steroid dienone is 2. The molecule has 0 saturated heterocycles. The molecule has 0 aliphatic carbocycles. The summed E-state index contributed by atoms with van der Waals surface area (Å²) in [5.41, 5.74) is -0.882. The predicted molar refractivity (Wildman–Crippen MR) is 65.0 cm³/mol. The molecule has 102 valence electrons. The summed E-state index contributed by atoms with van der Waals surface area (Å²) in [6.07, 6.45) is -5.04. The van der Waals surface area contributed by atoms with Gasteiger partial charge in [0.15, 0.2) is 11.5 Å². The highest BCUT2D eigenvalue weighted by molar-refractivity contribution is 9.10. The monoisotopic (exact) mass is 336 g/mol. The third-order valence-corrected chi connectivity index (χ3v) is 2.45. The minimum atomic E-state index is -5.04. The first-order chi connectivity index (χ1) is 8.71. The molecule has 0 spiro atoms. The van der Waals surface area contributed by atoms with Crippen molar-refractivity contribution in [2.75, 3.05) is 0 Å².